The normalized spacial score (nSPS) is 16.3. The Labute approximate surface area is 166 Å². The van der Waals surface area contributed by atoms with Gasteiger partial charge in [-0.25, -0.2) is 0 Å². The van der Waals surface area contributed by atoms with Crippen molar-refractivity contribution in [1.29, 1.82) is 0 Å². The van der Waals surface area contributed by atoms with Gasteiger partial charge in [0.15, 0.2) is 0 Å². The van der Waals surface area contributed by atoms with Crippen molar-refractivity contribution in [2.75, 3.05) is 11.4 Å². The van der Waals surface area contributed by atoms with Crippen LogP contribution in [-0.2, 0) is 16.0 Å². The average molecular weight is 430 g/mol. The van der Waals surface area contributed by atoms with Gasteiger partial charge < -0.3 is 4.90 Å². The molecule has 0 radical (unpaired) electrons. The Balaban J connectivity index is 1.58. The predicted octanol–water partition coefficient (Wildman–Crippen LogP) is 2.83. The van der Waals surface area contributed by atoms with Crippen molar-refractivity contribution >= 4 is 39.3 Å². The molecule has 1 heterocycles. The minimum absolute atomic E-state index is 0.100. The summed E-state index contributed by atoms with van der Waals surface area (Å²) in [6.07, 6.45) is 1.04. The van der Waals surface area contributed by atoms with Crippen LogP contribution in [0.15, 0.2) is 53.0 Å². The zero-order chi connectivity index (χ0) is 19.4. The fourth-order valence-corrected chi connectivity index (χ4v) is 3.44. The molecule has 7 heteroatoms. The van der Waals surface area contributed by atoms with Crippen LogP contribution >= 0.6 is 15.9 Å². The van der Waals surface area contributed by atoms with Gasteiger partial charge in [0.25, 0.3) is 5.91 Å². The lowest BCUT2D eigenvalue weighted by molar-refractivity contribution is -0.126. The topological polar surface area (TPSA) is 78.5 Å². The lowest BCUT2D eigenvalue weighted by atomic mass is 10.1. The van der Waals surface area contributed by atoms with E-state index < -0.39 is 11.8 Å². The van der Waals surface area contributed by atoms with Gasteiger partial charge in [-0.2, -0.15) is 0 Å². The van der Waals surface area contributed by atoms with E-state index in [-0.39, 0.29) is 18.2 Å². The van der Waals surface area contributed by atoms with Crippen LogP contribution in [0.4, 0.5) is 5.69 Å². The van der Waals surface area contributed by atoms with E-state index in [0.29, 0.717) is 16.6 Å². The van der Waals surface area contributed by atoms with Crippen LogP contribution in [-0.4, -0.2) is 24.3 Å². The maximum Gasteiger partial charge on any atom is 0.270 e. The van der Waals surface area contributed by atoms with Gasteiger partial charge in [0.05, 0.1) is 11.5 Å². The number of hydrazine groups is 1. The largest absolute Gasteiger partial charge is 0.312 e. The minimum Gasteiger partial charge on any atom is -0.312 e. The van der Waals surface area contributed by atoms with Crippen molar-refractivity contribution in [3.63, 3.8) is 0 Å². The van der Waals surface area contributed by atoms with Gasteiger partial charge in [-0.05, 0) is 52.2 Å². The van der Waals surface area contributed by atoms with E-state index in [1.54, 1.807) is 29.2 Å². The molecule has 2 aromatic rings. The minimum atomic E-state index is -0.511. The molecule has 0 saturated carbocycles. The Bertz CT molecular complexity index is 867. The number of anilines is 1. The van der Waals surface area contributed by atoms with Gasteiger partial charge in [0.2, 0.25) is 11.8 Å². The van der Waals surface area contributed by atoms with Crippen LogP contribution in [0.25, 0.3) is 0 Å². The second-order valence-electron chi connectivity index (χ2n) is 6.35. The third-order valence-corrected chi connectivity index (χ3v) is 5.26. The number of nitrogens with one attached hydrogen (secondary N) is 2. The SMILES string of the molecule is CCc1ccc(N2C[C@@H](C(=O)NNC(=O)c3ccccc3Br)CC2=O)cc1. The van der Waals surface area contributed by atoms with E-state index in [9.17, 15) is 14.4 Å². The van der Waals surface area contributed by atoms with Crippen LogP contribution in [0.1, 0.15) is 29.3 Å². The Kier molecular flexibility index (Phi) is 5.91. The number of aryl methyl sites for hydroxylation is 1. The summed E-state index contributed by atoms with van der Waals surface area (Å²) in [6, 6.07) is 14.7. The summed E-state index contributed by atoms with van der Waals surface area (Å²) in [5, 5.41) is 0. The Morgan fingerprint density at radius 2 is 1.81 bits per heavy atom. The van der Waals surface area contributed by atoms with Crippen LogP contribution in [0, 0.1) is 5.92 Å². The van der Waals surface area contributed by atoms with Crippen LogP contribution in [0.3, 0.4) is 0 Å². The van der Waals surface area contributed by atoms with E-state index >= 15 is 0 Å². The number of nitrogens with zero attached hydrogens (tertiary/aromatic N) is 1. The van der Waals surface area contributed by atoms with Crippen molar-refractivity contribution in [2.45, 2.75) is 19.8 Å². The Morgan fingerprint density at radius 1 is 1.11 bits per heavy atom. The first kappa shape index (κ1) is 19.1. The zero-order valence-corrected chi connectivity index (χ0v) is 16.5. The van der Waals surface area contributed by atoms with Gasteiger partial charge in [0.1, 0.15) is 0 Å². The number of halogens is 1. The highest BCUT2D eigenvalue weighted by Crippen LogP contribution is 2.25. The summed E-state index contributed by atoms with van der Waals surface area (Å²) in [5.74, 6) is -1.41. The van der Waals surface area contributed by atoms with E-state index in [2.05, 4.69) is 33.7 Å². The first-order valence-electron chi connectivity index (χ1n) is 8.73. The molecule has 3 rings (SSSR count). The number of carbonyl (C=O) groups is 3. The summed E-state index contributed by atoms with van der Waals surface area (Å²) in [4.78, 5) is 38.4. The molecule has 0 unspecified atom stereocenters. The Morgan fingerprint density at radius 3 is 2.48 bits per heavy atom. The van der Waals surface area contributed by atoms with Crippen molar-refractivity contribution < 1.29 is 14.4 Å². The lowest BCUT2D eigenvalue weighted by Crippen LogP contribution is -2.45. The lowest BCUT2D eigenvalue weighted by Gasteiger charge is -2.17. The molecule has 1 saturated heterocycles. The van der Waals surface area contributed by atoms with E-state index in [0.717, 1.165) is 12.1 Å². The fraction of sp³-hybridized carbons (Fsp3) is 0.250. The standard InChI is InChI=1S/C20H20BrN3O3/c1-2-13-7-9-15(10-8-13)24-12-14(11-18(24)25)19(26)22-23-20(27)16-5-3-4-6-17(16)21/h3-10,14H,2,11-12H2,1H3,(H,22,26)(H,23,27)/t14-/m0/s1. The zero-order valence-electron chi connectivity index (χ0n) is 14.9. The van der Waals surface area contributed by atoms with Gasteiger partial charge in [0, 0.05) is 23.1 Å². The summed E-state index contributed by atoms with van der Waals surface area (Å²) < 4.78 is 0.634. The molecule has 1 atom stereocenters. The maximum atomic E-state index is 12.4. The Hall–Kier alpha value is -2.67. The first-order chi connectivity index (χ1) is 13.0. The number of hydrogen-bond donors (Lipinski definition) is 2. The van der Waals surface area contributed by atoms with Gasteiger partial charge in [-0.3, -0.25) is 25.2 Å². The summed E-state index contributed by atoms with van der Waals surface area (Å²) >= 11 is 3.30. The third-order valence-electron chi connectivity index (χ3n) is 4.57. The molecule has 27 heavy (non-hydrogen) atoms. The maximum absolute atomic E-state index is 12.4. The molecule has 140 valence electrons. The van der Waals surface area contributed by atoms with Crippen LogP contribution in [0.2, 0.25) is 0 Å². The van der Waals surface area contributed by atoms with Crippen molar-refractivity contribution in [2.24, 2.45) is 5.92 Å². The van der Waals surface area contributed by atoms with Crippen molar-refractivity contribution in [3.05, 3.63) is 64.1 Å². The van der Waals surface area contributed by atoms with Crippen molar-refractivity contribution in [1.82, 2.24) is 10.9 Å². The monoisotopic (exact) mass is 429 g/mol. The second kappa shape index (κ2) is 8.35. The second-order valence-corrected chi connectivity index (χ2v) is 7.20. The summed E-state index contributed by atoms with van der Waals surface area (Å²) in [5.41, 5.74) is 7.21. The highest BCUT2D eigenvalue weighted by molar-refractivity contribution is 9.10. The van der Waals surface area contributed by atoms with E-state index in [1.165, 1.54) is 5.56 Å². The number of benzene rings is 2. The summed E-state index contributed by atoms with van der Waals surface area (Å²) in [7, 11) is 0. The summed E-state index contributed by atoms with van der Waals surface area (Å²) in [6.45, 7) is 2.36. The molecular formula is C20H20BrN3O3. The number of amides is 3. The van der Waals surface area contributed by atoms with E-state index in [1.807, 2.05) is 24.3 Å². The molecule has 1 aliphatic rings. The molecule has 0 aliphatic carbocycles. The molecule has 1 aliphatic heterocycles. The number of carbonyl (C=O) groups excluding carboxylic acids is 3. The van der Waals surface area contributed by atoms with Crippen LogP contribution < -0.4 is 15.8 Å². The molecule has 6 nitrogen and oxygen atoms in total. The molecule has 0 aromatic heterocycles. The van der Waals surface area contributed by atoms with Gasteiger partial charge in [-0.15, -0.1) is 0 Å². The highest BCUT2D eigenvalue weighted by Gasteiger charge is 2.35. The van der Waals surface area contributed by atoms with Gasteiger partial charge >= 0.3 is 0 Å². The third kappa shape index (κ3) is 4.36. The fourth-order valence-electron chi connectivity index (χ4n) is 2.98. The van der Waals surface area contributed by atoms with Gasteiger partial charge in [-0.1, -0.05) is 31.2 Å². The van der Waals surface area contributed by atoms with Crippen molar-refractivity contribution in [3.8, 4) is 0 Å². The highest BCUT2D eigenvalue weighted by atomic mass is 79.9. The predicted molar refractivity (Wildman–Crippen MR) is 106 cm³/mol. The molecule has 0 bridgehead atoms. The molecule has 1 fully saturated rings. The molecule has 2 aromatic carbocycles. The number of hydrogen-bond acceptors (Lipinski definition) is 3. The molecule has 3 amide bonds. The first-order valence-corrected chi connectivity index (χ1v) is 9.53. The van der Waals surface area contributed by atoms with Crippen LogP contribution in [0.5, 0.6) is 0 Å². The molecular weight excluding hydrogens is 410 g/mol. The van der Waals surface area contributed by atoms with E-state index in [4.69, 9.17) is 0 Å². The molecule has 2 N–H and O–H groups in total. The average Bonchev–Trinajstić information content (AvgIpc) is 3.08. The molecule has 0 spiro atoms. The smallest absolute Gasteiger partial charge is 0.270 e. The quantitative estimate of drug-likeness (QED) is 0.733. The number of rotatable bonds is 4.